The molecule has 0 amide bonds. The largest absolute Gasteiger partial charge is 0.523 e. The molecule has 1 atom stereocenters. The average Bonchev–Trinajstić information content (AvgIpc) is 2.52. The Morgan fingerprint density at radius 1 is 1.17 bits per heavy atom. The molecule has 6 nitrogen and oxygen atoms in total. The molecule has 0 aliphatic heterocycles. The highest BCUT2D eigenvalue weighted by molar-refractivity contribution is 7.87. The minimum Gasteiger partial charge on any atom is -0.497 e. The predicted molar refractivity (Wildman–Crippen MR) is 77.8 cm³/mol. The molecular formula is C14H17F3O6S. The molecule has 0 saturated carbocycles. The maximum atomic E-state index is 12.3. The second-order valence-corrected chi connectivity index (χ2v) is 6.31. The lowest BCUT2D eigenvalue weighted by atomic mass is 10.1. The first-order chi connectivity index (χ1) is 11.1. The van der Waals surface area contributed by atoms with Crippen molar-refractivity contribution in [2.45, 2.75) is 30.9 Å². The maximum absolute atomic E-state index is 12.3. The summed E-state index contributed by atoms with van der Waals surface area (Å²) in [6.07, 6.45) is -1.46. The fourth-order valence-electron chi connectivity index (χ4n) is 1.83. The SMILES string of the molecule is COC(=O)[C@@H](CCCc1ccc(OC)cc1)OS(=O)(=O)C(F)(F)F. The molecular weight excluding hydrogens is 353 g/mol. The second kappa shape index (κ2) is 8.34. The topological polar surface area (TPSA) is 78.9 Å². The molecule has 10 heteroatoms. The van der Waals surface area contributed by atoms with Gasteiger partial charge in [-0.05, 0) is 37.0 Å². The summed E-state index contributed by atoms with van der Waals surface area (Å²) < 4.78 is 72.3. The summed E-state index contributed by atoms with van der Waals surface area (Å²) in [5.74, 6) is -0.539. The zero-order valence-corrected chi connectivity index (χ0v) is 13.8. The van der Waals surface area contributed by atoms with Crippen LogP contribution in [-0.2, 0) is 30.3 Å². The number of hydrogen-bond donors (Lipinski definition) is 0. The van der Waals surface area contributed by atoms with Gasteiger partial charge < -0.3 is 9.47 Å². The number of benzene rings is 1. The first-order valence-electron chi connectivity index (χ1n) is 6.81. The normalized spacial score (nSPS) is 13.4. The number of rotatable bonds is 8. The fraction of sp³-hybridized carbons (Fsp3) is 0.500. The van der Waals surface area contributed by atoms with Crippen molar-refractivity contribution >= 4 is 16.1 Å². The smallest absolute Gasteiger partial charge is 0.497 e. The number of ether oxygens (including phenoxy) is 2. The second-order valence-electron chi connectivity index (χ2n) is 4.75. The van der Waals surface area contributed by atoms with Crippen LogP contribution < -0.4 is 4.74 Å². The van der Waals surface area contributed by atoms with E-state index in [1.807, 2.05) is 0 Å². The maximum Gasteiger partial charge on any atom is 0.523 e. The number of halogens is 3. The van der Waals surface area contributed by atoms with Crippen molar-refractivity contribution in [1.29, 1.82) is 0 Å². The summed E-state index contributed by atoms with van der Waals surface area (Å²) in [6, 6.07) is 6.91. The van der Waals surface area contributed by atoms with E-state index in [1.54, 1.807) is 24.3 Å². The molecule has 1 aromatic rings. The molecule has 0 aromatic heterocycles. The van der Waals surface area contributed by atoms with Crippen LogP contribution in [0.5, 0.6) is 5.75 Å². The Hall–Kier alpha value is -1.81. The van der Waals surface area contributed by atoms with Gasteiger partial charge in [0, 0.05) is 0 Å². The summed E-state index contributed by atoms with van der Waals surface area (Å²) in [6.45, 7) is 0. The number of aryl methyl sites for hydroxylation is 1. The van der Waals surface area contributed by atoms with Crippen LogP contribution in [0.1, 0.15) is 18.4 Å². The highest BCUT2D eigenvalue weighted by Gasteiger charge is 2.49. The van der Waals surface area contributed by atoms with Gasteiger partial charge in [-0.1, -0.05) is 12.1 Å². The first kappa shape index (κ1) is 20.2. The monoisotopic (exact) mass is 370 g/mol. The lowest BCUT2D eigenvalue weighted by Gasteiger charge is -2.16. The van der Waals surface area contributed by atoms with Gasteiger partial charge in [-0.2, -0.15) is 21.6 Å². The Kier molecular flexibility index (Phi) is 7.03. The highest BCUT2D eigenvalue weighted by Crippen LogP contribution is 2.27. The molecule has 0 unspecified atom stereocenters. The van der Waals surface area contributed by atoms with Crippen molar-refractivity contribution in [3.63, 3.8) is 0 Å². The molecule has 1 rings (SSSR count). The summed E-state index contributed by atoms with van der Waals surface area (Å²) in [7, 11) is -3.43. The van der Waals surface area contributed by atoms with Crippen LogP contribution in [0, 0.1) is 0 Å². The van der Waals surface area contributed by atoms with Crippen LogP contribution >= 0.6 is 0 Å². The van der Waals surface area contributed by atoms with E-state index in [4.69, 9.17) is 4.74 Å². The Bertz CT molecular complexity index is 639. The standard InChI is InChI=1S/C14H17F3O6S/c1-21-11-8-6-10(7-9-11)4-3-5-12(13(18)22-2)23-24(19,20)14(15,16)17/h6-9,12H,3-5H2,1-2H3/t12-/m1/s1. The summed E-state index contributed by atoms with van der Waals surface area (Å²) >= 11 is 0. The summed E-state index contributed by atoms with van der Waals surface area (Å²) in [5.41, 5.74) is -4.76. The van der Waals surface area contributed by atoms with Gasteiger partial charge in [0.15, 0.2) is 6.10 Å². The average molecular weight is 370 g/mol. The minimum atomic E-state index is -5.87. The Morgan fingerprint density at radius 2 is 1.75 bits per heavy atom. The van der Waals surface area contributed by atoms with Crippen molar-refractivity contribution in [3.05, 3.63) is 29.8 Å². The van der Waals surface area contributed by atoms with Crippen LogP contribution in [0.4, 0.5) is 13.2 Å². The van der Waals surface area contributed by atoms with Crippen molar-refractivity contribution in [1.82, 2.24) is 0 Å². The van der Waals surface area contributed by atoms with Crippen LogP contribution in [0.15, 0.2) is 24.3 Å². The minimum absolute atomic E-state index is 0.222. The predicted octanol–water partition coefficient (Wildman–Crippen LogP) is 2.43. The molecule has 0 heterocycles. The number of methoxy groups -OCH3 is 2. The van der Waals surface area contributed by atoms with E-state index in [2.05, 4.69) is 8.92 Å². The summed E-state index contributed by atoms with van der Waals surface area (Å²) in [5, 5.41) is 0. The molecule has 1 aromatic carbocycles. The molecule has 136 valence electrons. The number of alkyl halides is 3. The van der Waals surface area contributed by atoms with Gasteiger partial charge in [0.2, 0.25) is 0 Å². The van der Waals surface area contributed by atoms with Crippen LogP contribution in [0.3, 0.4) is 0 Å². The third-order valence-corrected chi connectivity index (χ3v) is 4.13. The molecule has 0 fully saturated rings. The van der Waals surface area contributed by atoms with E-state index in [9.17, 15) is 26.4 Å². The third-order valence-electron chi connectivity index (χ3n) is 3.08. The third kappa shape index (κ3) is 5.68. The molecule has 0 spiro atoms. The van der Waals surface area contributed by atoms with E-state index < -0.39 is 27.7 Å². The molecule has 0 aliphatic rings. The van der Waals surface area contributed by atoms with E-state index in [0.717, 1.165) is 12.7 Å². The Balaban J connectivity index is 2.68. The van der Waals surface area contributed by atoms with Crippen molar-refractivity contribution in [2.24, 2.45) is 0 Å². The number of esters is 1. The van der Waals surface area contributed by atoms with Gasteiger partial charge >= 0.3 is 21.6 Å². The van der Waals surface area contributed by atoms with E-state index in [-0.39, 0.29) is 12.8 Å². The lowest BCUT2D eigenvalue weighted by Crippen LogP contribution is -2.34. The van der Waals surface area contributed by atoms with Crippen LogP contribution in [0.25, 0.3) is 0 Å². The van der Waals surface area contributed by atoms with Gasteiger partial charge in [0.1, 0.15) is 5.75 Å². The molecule has 0 bridgehead atoms. The van der Waals surface area contributed by atoms with Crippen LogP contribution in [0.2, 0.25) is 0 Å². The van der Waals surface area contributed by atoms with E-state index >= 15 is 0 Å². The number of carbonyl (C=O) groups is 1. The van der Waals surface area contributed by atoms with Crippen LogP contribution in [-0.4, -0.2) is 40.2 Å². The lowest BCUT2D eigenvalue weighted by molar-refractivity contribution is -0.149. The zero-order valence-electron chi connectivity index (χ0n) is 13.0. The first-order valence-corrected chi connectivity index (χ1v) is 8.22. The molecule has 0 aliphatic carbocycles. The quantitative estimate of drug-likeness (QED) is 0.397. The Morgan fingerprint density at radius 3 is 2.21 bits per heavy atom. The summed E-state index contributed by atoms with van der Waals surface area (Å²) in [4.78, 5) is 11.4. The van der Waals surface area contributed by atoms with Crippen molar-refractivity contribution < 1.29 is 40.0 Å². The van der Waals surface area contributed by atoms with E-state index in [1.165, 1.54) is 7.11 Å². The highest BCUT2D eigenvalue weighted by atomic mass is 32.2. The fourth-order valence-corrected chi connectivity index (χ4v) is 2.42. The van der Waals surface area contributed by atoms with Gasteiger partial charge in [-0.15, -0.1) is 0 Å². The number of carbonyl (C=O) groups excluding carboxylic acids is 1. The number of hydrogen-bond acceptors (Lipinski definition) is 6. The van der Waals surface area contributed by atoms with E-state index in [0.29, 0.717) is 12.2 Å². The van der Waals surface area contributed by atoms with Gasteiger partial charge in [0.25, 0.3) is 0 Å². The molecule has 0 radical (unpaired) electrons. The van der Waals surface area contributed by atoms with Gasteiger partial charge in [0.05, 0.1) is 14.2 Å². The molecule has 0 N–H and O–H groups in total. The van der Waals surface area contributed by atoms with Gasteiger partial charge in [-0.25, -0.2) is 8.98 Å². The van der Waals surface area contributed by atoms with Crippen molar-refractivity contribution in [2.75, 3.05) is 14.2 Å². The molecule has 0 saturated heterocycles. The molecule has 24 heavy (non-hydrogen) atoms. The van der Waals surface area contributed by atoms with Gasteiger partial charge in [-0.3, -0.25) is 0 Å². The Labute approximate surface area is 137 Å². The van der Waals surface area contributed by atoms with Crippen molar-refractivity contribution in [3.8, 4) is 5.75 Å². The zero-order chi connectivity index (χ0) is 18.4.